The number of nitrogens with two attached hydrogens (primary N) is 1. The molecule has 2 rings (SSSR count). The number of hydrogen-bond donors (Lipinski definition) is 2. The maximum absolute atomic E-state index is 5.92. The van der Waals surface area contributed by atoms with Gasteiger partial charge in [-0.1, -0.05) is 11.6 Å². The molecular formula is C7H7BrClN3S. The predicted molar refractivity (Wildman–Crippen MR) is 59.4 cm³/mol. The molecule has 2 heterocycles. The van der Waals surface area contributed by atoms with Gasteiger partial charge in [0.1, 0.15) is 4.34 Å². The largest absolute Gasteiger partial charge is 0.370 e. The van der Waals surface area contributed by atoms with Crippen molar-refractivity contribution in [3.8, 4) is 0 Å². The van der Waals surface area contributed by atoms with Gasteiger partial charge in [-0.2, -0.15) is 0 Å². The summed E-state index contributed by atoms with van der Waals surface area (Å²) in [5.41, 5.74) is 5.51. The Morgan fingerprint density at radius 3 is 3.00 bits per heavy atom. The highest BCUT2D eigenvalue weighted by atomic mass is 79.9. The fourth-order valence-electron chi connectivity index (χ4n) is 1.16. The standard InChI is InChI=1S/C7H7BrClN3S/c8-3-1-5(13-6(3)9)4-2-11-7(10)12-4/h1,4H,2H2,(H3,10,11,12). The monoisotopic (exact) mass is 279 g/mol. The maximum atomic E-state index is 5.92. The number of halogens is 2. The molecule has 3 N–H and O–H groups in total. The van der Waals surface area contributed by atoms with Crippen LogP contribution in [0.3, 0.4) is 0 Å². The Bertz CT molecular complexity index is 343. The summed E-state index contributed by atoms with van der Waals surface area (Å²) in [7, 11) is 0. The quantitative estimate of drug-likeness (QED) is 0.828. The van der Waals surface area contributed by atoms with Gasteiger partial charge in [-0.25, -0.2) is 0 Å². The van der Waals surface area contributed by atoms with Crippen molar-refractivity contribution < 1.29 is 0 Å². The van der Waals surface area contributed by atoms with Crippen molar-refractivity contribution in [3.63, 3.8) is 0 Å². The van der Waals surface area contributed by atoms with Gasteiger partial charge in [-0.3, -0.25) is 4.99 Å². The molecule has 1 aliphatic heterocycles. The lowest BCUT2D eigenvalue weighted by molar-refractivity contribution is 0.721. The van der Waals surface area contributed by atoms with Gasteiger partial charge in [0.2, 0.25) is 0 Å². The third-order valence-electron chi connectivity index (χ3n) is 1.77. The van der Waals surface area contributed by atoms with Gasteiger partial charge in [-0.15, -0.1) is 11.3 Å². The van der Waals surface area contributed by atoms with Crippen molar-refractivity contribution in [2.75, 3.05) is 6.54 Å². The SMILES string of the molecule is NC1=NCC(c2cc(Br)c(Cl)s2)N1. The number of rotatable bonds is 1. The van der Waals surface area contributed by atoms with E-state index in [1.165, 1.54) is 0 Å². The highest BCUT2D eigenvalue weighted by molar-refractivity contribution is 9.10. The molecule has 13 heavy (non-hydrogen) atoms. The highest BCUT2D eigenvalue weighted by Gasteiger charge is 2.20. The summed E-state index contributed by atoms with van der Waals surface area (Å²) in [5.74, 6) is 0.505. The zero-order chi connectivity index (χ0) is 9.42. The van der Waals surface area contributed by atoms with E-state index in [0.717, 1.165) is 13.7 Å². The minimum atomic E-state index is 0.189. The van der Waals surface area contributed by atoms with Crippen LogP contribution in [-0.2, 0) is 0 Å². The van der Waals surface area contributed by atoms with Crippen LogP contribution in [0, 0.1) is 0 Å². The normalized spacial score (nSPS) is 21.4. The Balaban J connectivity index is 2.19. The van der Waals surface area contributed by atoms with E-state index < -0.39 is 0 Å². The van der Waals surface area contributed by atoms with Gasteiger partial charge in [0.15, 0.2) is 5.96 Å². The van der Waals surface area contributed by atoms with Crippen molar-refractivity contribution in [3.05, 3.63) is 19.8 Å². The molecule has 3 nitrogen and oxygen atoms in total. The van der Waals surface area contributed by atoms with E-state index in [1.54, 1.807) is 11.3 Å². The van der Waals surface area contributed by atoms with Crippen molar-refractivity contribution in [2.45, 2.75) is 6.04 Å². The molecule has 6 heteroatoms. The van der Waals surface area contributed by atoms with E-state index in [9.17, 15) is 0 Å². The van der Waals surface area contributed by atoms with Crippen LogP contribution in [0.4, 0.5) is 0 Å². The van der Waals surface area contributed by atoms with Gasteiger partial charge in [0, 0.05) is 9.35 Å². The number of aliphatic imine (C=N–C) groups is 1. The summed E-state index contributed by atoms with van der Waals surface area (Å²) in [6, 6.07) is 2.19. The molecule has 0 fully saturated rings. The molecule has 0 amide bonds. The van der Waals surface area contributed by atoms with Gasteiger partial charge in [0.25, 0.3) is 0 Å². The van der Waals surface area contributed by atoms with Crippen LogP contribution in [0.5, 0.6) is 0 Å². The average molecular weight is 281 g/mol. The molecule has 0 saturated heterocycles. The van der Waals surface area contributed by atoms with Gasteiger partial charge >= 0.3 is 0 Å². The van der Waals surface area contributed by atoms with Crippen LogP contribution in [0.25, 0.3) is 0 Å². The molecule has 1 aromatic rings. The van der Waals surface area contributed by atoms with Crippen LogP contribution in [0.15, 0.2) is 15.5 Å². The number of nitrogens with zero attached hydrogens (tertiary/aromatic N) is 1. The molecule has 1 aliphatic rings. The second kappa shape index (κ2) is 3.48. The first-order chi connectivity index (χ1) is 6.16. The van der Waals surface area contributed by atoms with E-state index in [1.807, 2.05) is 6.07 Å². The van der Waals surface area contributed by atoms with Crippen molar-refractivity contribution in [1.82, 2.24) is 5.32 Å². The number of thiophene rings is 1. The Labute approximate surface area is 93.1 Å². The van der Waals surface area contributed by atoms with Crippen LogP contribution in [0.2, 0.25) is 4.34 Å². The molecule has 0 aromatic carbocycles. The Kier molecular flexibility index (Phi) is 2.49. The Hall–Kier alpha value is -0.260. The smallest absolute Gasteiger partial charge is 0.189 e. The Morgan fingerprint density at radius 1 is 1.77 bits per heavy atom. The fourth-order valence-corrected chi connectivity index (χ4v) is 2.93. The van der Waals surface area contributed by atoms with E-state index in [0.29, 0.717) is 12.5 Å². The van der Waals surface area contributed by atoms with Crippen molar-refractivity contribution in [1.29, 1.82) is 0 Å². The molecule has 70 valence electrons. The molecule has 0 spiro atoms. The fraction of sp³-hybridized carbons (Fsp3) is 0.286. The van der Waals surface area contributed by atoms with E-state index >= 15 is 0 Å². The maximum Gasteiger partial charge on any atom is 0.189 e. The van der Waals surface area contributed by atoms with Crippen molar-refractivity contribution >= 4 is 44.8 Å². The van der Waals surface area contributed by atoms with Crippen LogP contribution < -0.4 is 11.1 Å². The lowest BCUT2D eigenvalue weighted by Crippen LogP contribution is -2.29. The van der Waals surface area contributed by atoms with Crippen LogP contribution in [0.1, 0.15) is 10.9 Å². The number of guanidine groups is 1. The summed E-state index contributed by atoms with van der Waals surface area (Å²) >= 11 is 10.8. The zero-order valence-corrected chi connectivity index (χ0v) is 9.71. The third kappa shape index (κ3) is 1.82. The predicted octanol–water partition coefficient (Wildman–Crippen LogP) is 2.12. The molecule has 1 unspecified atom stereocenters. The molecular weight excluding hydrogens is 274 g/mol. The summed E-state index contributed by atoms with van der Waals surface area (Å²) < 4.78 is 1.70. The molecule has 1 atom stereocenters. The third-order valence-corrected chi connectivity index (χ3v) is 4.36. The summed E-state index contributed by atoms with van der Waals surface area (Å²) in [6.45, 7) is 0.690. The van der Waals surface area contributed by atoms with Crippen LogP contribution >= 0.6 is 38.9 Å². The molecule has 0 aliphatic carbocycles. The van der Waals surface area contributed by atoms with Gasteiger partial charge in [-0.05, 0) is 22.0 Å². The molecule has 0 saturated carbocycles. The van der Waals surface area contributed by atoms with Crippen LogP contribution in [-0.4, -0.2) is 12.5 Å². The summed E-state index contributed by atoms with van der Waals surface area (Å²) in [4.78, 5) is 5.22. The lowest BCUT2D eigenvalue weighted by atomic mass is 10.2. The average Bonchev–Trinajstić information content (AvgIpc) is 2.61. The topological polar surface area (TPSA) is 50.4 Å². The zero-order valence-electron chi connectivity index (χ0n) is 6.55. The highest BCUT2D eigenvalue weighted by Crippen LogP contribution is 2.35. The summed E-state index contributed by atoms with van der Waals surface area (Å²) in [5, 5.41) is 3.07. The minimum Gasteiger partial charge on any atom is -0.370 e. The van der Waals surface area contributed by atoms with E-state index in [4.69, 9.17) is 17.3 Å². The van der Waals surface area contributed by atoms with E-state index in [-0.39, 0.29) is 6.04 Å². The van der Waals surface area contributed by atoms with Gasteiger partial charge in [0.05, 0.1) is 12.6 Å². The lowest BCUT2D eigenvalue weighted by Gasteiger charge is -2.06. The Morgan fingerprint density at radius 2 is 2.54 bits per heavy atom. The first-order valence-electron chi connectivity index (χ1n) is 3.68. The molecule has 1 aromatic heterocycles. The second-order valence-corrected chi connectivity index (χ2v) is 5.23. The van der Waals surface area contributed by atoms with Gasteiger partial charge < -0.3 is 11.1 Å². The second-order valence-electron chi connectivity index (χ2n) is 2.69. The van der Waals surface area contributed by atoms with E-state index in [2.05, 4.69) is 26.2 Å². The number of hydrogen-bond acceptors (Lipinski definition) is 4. The first-order valence-corrected chi connectivity index (χ1v) is 5.67. The minimum absolute atomic E-state index is 0.189. The first kappa shape index (κ1) is 9.30. The summed E-state index contributed by atoms with van der Waals surface area (Å²) in [6.07, 6.45) is 0. The molecule has 0 radical (unpaired) electrons. The van der Waals surface area contributed by atoms with Crippen molar-refractivity contribution in [2.24, 2.45) is 10.7 Å². The molecule has 0 bridgehead atoms. The number of nitrogens with one attached hydrogen (secondary N) is 1.